The van der Waals surface area contributed by atoms with E-state index in [0.29, 0.717) is 0 Å². The molecule has 1 aromatic rings. The maximum Gasteiger partial charge on any atom is 0.430 e. The summed E-state index contributed by atoms with van der Waals surface area (Å²) in [4.78, 5) is 0. The molecule has 0 bridgehead atoms. The Balaban J connectivity index is 4.95. The van der Waals surface area contributed by atoms with Crippen molar-refractivity contribution in [2.45, 2.75) is 53.9 Å². The minimum atomic E-state index is -7.04. The van der Waals surface area contributed by atoms with Gasteiger partial charge >= 0.3 is 37.1 Å². The maximum atomic E-state index is 14.2. The first-order valence-electron chi connectivity index (χ1n) is 11.3. The number of benzene rings is 1. The fourth-order valence-corrected chi connectivity index (χ4v) is 3.99. The Morgan fingerprint density at radius 3 is 0.644 bits per heavy atom. The third-order valence-electron chi connectivity index (χ3n) is 5.80. The molecule has 45 heavy (non-hydrogen) atoms. The Kier molecular flexibility index (Phi) is 11.3. The van der Waals surface area contributed by atoms with Crippen LogP contribution in [0.15, 0.2) is 56.2 Å². The summed E-state index contributed by atoms with van der Waals surface area (Å²) in [7, 11) is 0. The van der Waals surface area contributed by atoms with Crippen molar-refractivity contribution in [2.75, 3.05) is 19.8 Å². The lowest BCUT2D eigenvalue weighted by molar-refractivity contribution is -0.391. The third kappa shape index (κ3) is 6.79. The lowest BCUT2D eigenvalue weighted by Gasteiger charge is -2.42. The zero-order valence-electron chi connectivity index (χ0n) is 21.7. The van der Waals surface area contributed by atoms with Gasteiger partial charge in [-0.25, -0.2) is 0 Å². The van der Waals surface area contributed by atoms with Crippen molar-refractivity contribution < 1.29 is 93.2 Å². The quantitative estimate of drug-likeness (QED) is 0.161. The molecule has 0 saturated heterocycles. The minimum Gasteiger partial charge on any atom is -0.350 e. The minimum absolute atomic E-state index is 0.142. The highest BCUT2D eigenvalue weighted by Gasteiger charge is 2.78. The van der Waals surface area contributed by atoms with Gasteiger partial charge in [0.15, 0.2) is 0 Å². The molecule has 0 spiro atoms. The molecule has 0 atom stereocenters. The zero-order chi connectivity index (χ0) is 35.7. The number of hydrogen-bond donors (Lipinski definition) is 0. The fourth-order valence-electron chi connectivity index (χ4n) is 3.99. The van der Waals surface area contributed by atoms with Crippen molar-refractivity contribution in [3.8, 4) is 0 Å². The van der Waals surface area contributed by atoms with Gasteiger partial charge in [-0.2, -0.15) is 79.0 Å². The van der Waals surface area contributed by atoms with Gasteiger partial charge in [-0.05, 0) is 18.2 Å². The molecule has 0 fully saturated rings. The molecule has 21 heteroatoms. The molecule has 0 heterocycles. The van der Waals surface area contributed by atoms with Crippen molar-refractivity contribution >= 4 is 0 Å². The summed E-state index contributed by atoms with van der Waals surface area (Å²) in [6.07, 6.45) is -41.8. The van der Waals surface area contributed by atoms with Crippen LogP contribution < -0.4 is 0 Å². The molecule has 0 aliphatic rings. The lowest BCUT2D eigenvalue weighted by Crippen LogP contribution is -2.59. The van der Waals surface area contributed by atoms with E-state index in [4.69, 9.17) is 0 Å². The first-order valence-corrected chi connectivity index (χ1v) is 11.3. The number of rotatable bonds is 12. The predicted octanol–water partition coefficient (Wildman–Crippen LogP) is 9.25. The molecule has 0 N–H and O–H groups in total. The lowest BCUT2D eigenvalue weighted by atomic mass is 9.79. The summed E-state index contributed by atoms with van der Waals surface area (Å²) in [5, 5.41) is 0. The predicted molar refractivity (Wildman–Crippen MR) is 116 cm³/mol. The van der Waals surface area contributed by atoms with Crippen LogP contribution >= 0.6 is 0 Å². The average molecular weight is 696 g/mol. The number of hydrogen-bond acceptors (Lipinski definition) is 3. The van der Waals surface area contributed by atoms with E-state index in [0.717, 1.165) is 0 Å². The van der Waals surface area contributed by atoms with Crippen LogP contribution in [0.4, 0.5) is 79.0 Å². The van der Waals surface area contributed by atoms with Crippen LogP contribution in [0.5, 0.6) is 0 Å². The molecule has 3 nitrogen and oxygen atoms in total. The Hall–Kier alpha value is -2.94. The van der Waals surface area contributed by atoms with E-state index in [9.17, 15) is 79.0 Å². The topological polar surface area (TPSA) is 27.7 Å². The van der Waals surface area contributed by atoms with Gasteiger partial charge in [0, 0.05) is 16.7 Å². The maximum absolute atomic E-state index is 14.2. The fraction of sp³-hybridized carbons (Fsp3) is 0.500. The number of ether oxygens (including phenoxy) is 3. The van der Waals surface area contributed by atoms with Crippen LogP contribution in [0.3, 0.4) is 0 Å². The molecule has 0 radical (unpaired) electrons. The molecule has 0 amide bonds. The third-order valence-corrected chi connectivity index (χ3v) is 5.80. The summed E-state index contributed by atoms with van der Waals surface area (Å²) in [6.45, 7) is 2.46. The van der Waals surface area contributed by atoms with E-state index < -0.39 is 109 Å². The van der Waals surface area contributed by atoms with Crippen LogP contribution in [0.2, 0.25) is 0 Å². The molecule has 1 rings (SSSR count). The van der Waals surface area contributed by atoms with Gasteiger partial charge in [0.1, 0.15) is 0 Å². The average Bonchev–Trinajstić information content (AvgIpc) is 2.80. The highest BCUT2D eigenvalue weighted by atomic mass is 19.4. The van der Waals surface area contributed by atoms with E-state index in [1.807, 2.05) is 0 Å². The van der Waals surface area contributed by atoms with Gasteiger partial charge in [-0.1, -0.05) is 18.2 Å². The van der Waals surface area contributed by atoms with Crippen LogP contribution in [-0.2, 0) is 31.0 Å². The van der Waals surface area contributed by atoms with Crippen molar-refractivity contribution in [3.63, 3.8) is 0 Å². The van der Waals surface area contributed by atoms with E-state index in [-0.39, 0.29) is 18.2 Å². The van der Waals surface area contributed by atoms with Gasteiger partial charge in [0.2, 0.25) is 0 Å². The first kappa shape index (κ1) is 40.1. The normalized spacial score (nSPS) is 14.8. The molecule has 0 aliphatic heterocycles. The van der Waals surface area contributed by atoms with Crippen molar-refractivity contribution in [1.82, 2.24) is 0 Å². The van der Waals surface area contributed by atoms with Gasteiger partial charge in [0.25, 0.3) is 16.8 Å². The van der Waals surface area contributed by atoms with Gasteiger partial charge in [-0.15, -0.1) is 19.7 Å². The van der Waals surface area contributed by atoms with Gasteiger partial charge in [-0.3, -0.25) is 0 Å². The number of alkyl halides is 18. The molecule has 0 aliphatic carbocycles. The Morgan fingerprint density at radius 2 is 0.533 bits per heavy atom. The summed E-state index contributed by atoms with van der Waals surface area (Å²) < 4.78 is 267. The molecular formula is C24H18F18O3. The highest BCUT2D eigenvalue weighted by Crippen LogP contribution is 2.60. The summed E-state index contributed by atoms with van der Waals surface area (Å²) in [5.74, 6) is 0. The smallest absolute Gasteiger partial charge is 0.350 e. The van der Waals surface area contributed by atoms with Crippen LogP contribution in [-0.4, -0.2) is 56.9 Å². The van der Waals surface area contributed by atoms with E-state index in [1.165, 1.54) is 0 Å². The van der Waals surface area contributed by atoms with Crippen LogP contribution in [0, 0.1) is 0 Å². The summed E-state index contributed by atoms with van der Waals surface area (Å²) in [6, 6.07) is -3.70. The standard InChI is InChI=1S/C24H18F18O3/c1-4-7-43-16(19(25,26)27,20(28,29)30)13-10-14(17(21(31,32)33,22(34,35)36)44-8-5-2)12-15(11-13)18(23(37,38)39,24(40,41)42)45-9-6-3/h4-6,10-12H,1-3,7-9H2. The second kappa shape index (κ2) is 12.7. The van der Waals surface area contributed by atoms with Crippen molar-refractivity contribution in [1.29, 1.82) is 0 Å². The highest BCUT2D eigenvalue weighted by molar-refractivity contribution is 5.44. The molecule has 0 unspecified atom stereocenters. The summed E-state index contributed by atoms with van der Waals surface area (Å²) in [5.41, 5.74) is -27.9. The Labute approximate surface area is 240 Å². The van der Waals surface area contributed by atoms with Gasteiger partial charge in [0.05, 0.1) is 19.8 Å². The molecular weight excluding hydrogens is 678 g/mol. The SMILES string of the molecule is C=CCOC(c1cc(C(OCC=C)(C(F)(F)F)C(F)(F)F)cc(C(OCC=C)(C(F)(F)F)C(F)(F)F)c1)(C(F)(F)F)C(F)(F)F. The van der Waals surface area contributed by atoms with Crippen LogP contribution in [0.25, 0.3) is 0 Å². The molecule has 0 aromatic heterocycles. The van der Waals surface area contributed by atoms with E-state index in [2.05, 4.69) is 33.9 Å². The molecule has 0 saturated carbocycles. The number of halogens is 18. The Morgan fingerprint density at radius 1 is 0.378 bits per heavy atom. The Bertz CT molecular complexity index is 997. The monoisotopic (exact) mass is 696 g/mol. The zero-order valence-corrected chi connectivity index (χ0v) is 21.7. The van der Waals surface area contributed by atoms with E-state index >= 15 is 0 Å². The largest absolute Gasteiger partial charge is 0.430 e. The summed E-state index contributed by atoms with van der Waals surface area (Å²) >= 11 is 0. The molecule has 1 aromatic carbocycles. The second-order valence-electron chi connectivity index (χ2n) is 8.63. The van der Waals surface area contributed by atoms with Crippen LogP contribution in [0.1, 0.15) is 16.7 Å². The first-order chi connectivity index (χ1) is 20.0. The van der Waals surface area contributed by atoms with Gasteiger partial charge < -0.3 is 14.2 Å². The second-order valence-corrected chi connectivity index (χ2v) is 8.63. The van der Waals surface area contributed by atoms with Crippen molar-refractivity contribution in [3.05, 3.63) is 72.9 Å². The molecule has 258 valence electrons. The van der Waals surface area contributed by atoms with Crippen molar-refractivity contribution in [2.24, 2.45) is 0 Å². The van der Waals surface area contributed by atoms with E-state index in [1.54, 1.807) is 0 Å².